The number of hydrogen-bond donors (Lipinski definition) is 2. The Bertz CT molecular complexity index is 1130. The third-order valence-electron chi connectivity index (χ3n) is 7.29. The van der Waals surface area contributed by atoms with Gasteiger partial charge in [0.2, 0.25) is 5.91 Å². The summed E-state index contributed by atoms with van der Waals surface area (Å²) < 4.78 is 5.65. The van der Waals surface area contributed by atoms with Crippen LogP contribution in [0.1, 0.15) is 49.7 Å². The number of alkyl carbamates (subject to hydrolysis) is 1. The summed E-state index contributed by atoms with van der Waals surface area (Å²) in [5.41, 5.74) is 4.64. The minimum absolute atomic E-state index is 0.00745. The van der Waals surface area contributed by atoms with Gasteiger partial charge in [0.25, 0.3) is 0 Å². The van der Waals surface area contributed by atoms with Crippen LogP contribution in [0.25, 0.3) is 11.1 Å². The molecule has 3 aliphatic rings. The van der Waals surface area contributed by atoms with Crippen LogP contribution in [0, 0.1) is 5.92 Å². The number of ether oxygens (including phenoxy) is 1. The van der Waals surface area contributed by atoms with Gasteiger partial charge >= 0.3 is 12.1 Å². The van der Waals surface area contributed by atoms with E-state index >= 15 is 0 Å². The fourth-order valence-electron chi connectivity index (χ4n) is 5.36. The minimum atomic E-state index is -0.995. The average Bonchev–Trinajstić information content (AvgIpc) is 3.65. The molecule has 2 aromatic rings. The molecule has 2 amide bonds. The zero-order chi connectivity index (χ0) is 24.5. The van der Waals surface area contributed by atoms with Crippen molar-refractivity contribution in [3.05, 3.63) is 71.8 Å². The number of fused-ring (bicyclic) bond motifs is 3. The molecule has 182 valence electrons. The monoisotopic (exact) mass is 474 g/mol. The van der Waals surface area contributed by atoms with Gasteiger partial charge in [0, 0.05) is 17.9 Å². The number of carboxylic acid groups (broad SMARTS) is 1. The van der Waals surface area contributed by atoms with Gasteiger partial charge in [-0.1, -0.05) is 60.7 Å². The largest absolute Gasteiger partial charge is 0.480 e. The van der Waals surface area contributed by atoms with Crippen molar-refractivity contribution in [2.24, 2.45) is 5.92 Å². The van der Waals surface area contributed by atoms with Crippen LogP contribution in [0.2, 0.25) is 0 Å². The summed E-state index contributed by atoms with van der Waals surface area (Å²) in [6, 6.07) is 15.2. The molecule has 7 nitrogen and oxygen atoms in total. The number of benzene rings is 2. The van der Waals surface area contributed by atoms with E-state index in [0.717, 1.165) is 24.0 Å². The lowest BCUT2D eigenvalue weighted by atomic mass is 9.89. The van der Waals surface area contributed by atoms with Crippen molar-refractivity contribution < 1.29 is 24.2 Å². The lowest BCUT2D eigenvalue weighted by molar-refractivity contribution is -0.152. The molecule has 0 heterocycles. The number of carboxylic acids is 1. The molecule has 1 saturated carbocycles. The van der Waals surface area contributed by atoms with Crippen molar-refractivity contribution in [3.8, 4) is 11.1 Å². The van der Waals surface area contributed by atoms with Crippen molar-refractivity contribution in [2.75, 3.05) is 6.61 Å². The third kappa shape index (κ3) is 4.67. The first kappa shape index (κ1) is 23.1. The molecule has 7 heteroatoms. The van der Waals surface area contributed by atoms with Gasteiger partial charge in [-0.25, -0.2) is 9.59 Å². The van der Waals surface area contributed by atoms with E-state index in [1.54, 1.807) is 6.92 Å². The summed E-state index contributed by atoms with van der Waals surface area (Å²) in [5, 5.41) is 12.3. The highest BCUT2D eigenvalue weighted by molar-refractivity contribution is 5.86. The van der Waals surface area contributed by atoms with E-state index in [1.165, 1.54) is 16.0 Å². The second-order valence-corrected chi connectivity index (χ2v) is 9.66. The topological polar surface area (TPSA) is 95.9 Å². The van der Waals surface area contributed by atoms with Crippen LogP contribution in [0.5, 0.6) is 0 Å². The Morgan fingerprint density at radius 1 is 1.06 bits per heavy atom. The van der Waals surface area contributed by atoms with Crippen molar-refractivity contribution >= 4 is 18.0 Å². The molecule has 3 aliphatic carbocycles. The minimum Gasteiger partial charge on any atom is -0.480 e. The molecule has 3 unspecified atom stereocenters. The summed E-state index contributed by atoms with van der Waals surface area (Å²) >= 11 is 0. The molecule has 5 rings (SSSR count). The Morgan fingerprint density at radius 3 is 2.29 bits per heavy atom. The normalized spacial score (nSPS) is 21.5. The van der Waals surface area contributed by atoms with Crippen LogP contribution in [0.3, 0.4) is 0 Å². The van der Waals surface area contributed by atoms with Crippen LogP contribution in [0.4, 0.5) is 4.79 Å². The van der Waals surface area contributed by atoms with Crippen molar-refractivity contribution in [2.45, 2.75) is 56.7 Å². The van der Waals surface area contributed by atoms with Gasteiger partial charge in [0.1, 0.15) is 12.6 Å². The SMILES string of the molecule is CC(C(=O)O)N(C(=O)C1CC=CC(NC(=O)OCC2c3ccccc3-c3ccccc32)C1)C1CC1. The first-order valence-electron chi connectivity index (χ1n) is 12.3. The molecule has 0 radical (unpaired) electrons. The zero-order valence-electron chi connectivity index (χ0n) is 19.7. The number of hydrogen-bond acceptors (Lipinski definition) is 4. The Kier molecular flexibility index (Phi) is 6.32. The Labute approximate surface area is 204 Å². The fourth-order valence-corrected chi connectivity index (χ4v) is 5.36. The van der Waals surface area contributed by atoms with Gasteiger partial charge in [-0.05, 0) is 54.9 Å². The maximum absolute atomic E-state index is 13.2. The molecule has 3 atom stereocenters. The Balaban J connectivity index is 1.20. The lowest BCUT2D eigenvalue weighted by Gasteiger charge is -2.32. The van der Waals surface area contributed by atoms with Gasteiger partial charge in [-0.3, -0.25) is 4.79 Å². The molecule has 2 aromatic carbocycles. The molecule has 0 saturated heterocycles. The summed E-state index contributed by atoms with van der Waals surface area (Å²) in [6.07, 6.45) is 5.89. The lowest BCUT2D eigenvalue weighted by Crippen LogP contribution is -2.49. The number of amides is 2. The molecule has 2 N–H and O–H groups in total. The van der Waals surface area contributed by atoms with E-state index in [4.69, 9.17) is 4.74 Å². The number of carbonyl (C=O) groups is 3. The maximum Gasteiger partial charge on any atom is 0.407 e. The molecular weight excluding hydrogens is 444 g/mol. The van der Waals surface area contributed by atoms with E-state index in [2.05, 4.69) is 29.6 Å². The number of nitrogens with zero attached hydrogens (tertiary/aromatic N) is 1. The quantitative estimate of drug-likeness (QED) is 0.583. The van der Waals surface area contributed by atoms with Crippen LogP contribution < -0.4 is 5.32 Å². The average molecular weight is 475 g/mol. The van der Waals surface area contributed by atoms with Gasteiger partial charge in [0.05, 0.1) is 6.04 Å². The highest BCUT2D eigenvalue weighted by Gasteiger charge is 2.41. The molecular formula is C28H30N2O5. The van der Waals surface area contributed by atoms with E-state index in [1.807, 2.05) is 36.4 Å². The smallest absolute Gasteiger partial charge is 0.407 e. The summed E-state index contributed by atoms with van der Waals surface area (Å²) in [6.45, 7) is 1.79. The molecule has 1 fully saturated rings. The van der Waals surface area contributed by atoms with Crippen molar-refractivity contribution in [1.29, 1.82) is 0 Å². The number of aliphatic carboxylic acids is 1. The fraction of sp³-hybridized carbons (Fsp3) is 0.393. The number of allylic oxidation sites excluding steroid dienone is 1. The summed E-state index contributed by atoms with van der Waals surface area (Å²) in [7, 11) is 0. The van der Waals surface area contributed by atoms with Gasteiger partial charge in [-0.15, -0.1) is 0 Å². The number of rotatable bonds is 7. The Hall–Kier alpha value is -3.61. The Morgan fingerprint density at radius 2 is 1.69 bits per heavy atom. The summed E-state index contributed by atoms with van der Waals surface area (Å²) in [5.74, 6) is -1.52. The molecule has 0 aromatic heterocycles. The first-order valence-corrected chi connectivity index (χ1v) is 12.3. The predicted molar refractivity (Wildman–Crippen MR) is 131 cm³/mol. The molecule has 0 bridgehead atoms. The number of carbonyl (C=O) groups excluding carboxylic acids is 2. The molecule has 0 aliphatic heterocycles. The van der Waals surface area contributed by atoms with E-state index in [-0.39, 0.29) is 36.4 Å². The second-order valence-electron chi connectivity index (χ2n) is 9.66. The highest BCUT2D eigenvalue weighted by Crippen LogP contribution is 2.44. The van der Waals surface area contributed by atoms with Crippen LogP contribution in [0.15, 0.2) is 60.7 Å². The van der Waals surface area contributed by atoms with Gasteiger partial charge in [0.15, 0.2) is 0 Å². The van der Waals surface area contributed by atoms with E-state index < -0.39 is 18.1 Å². The van der Waals surface area contributed by atoms with Crippen molar-refractivity contribution in [1.82, 2.24) is 10.2 Å². The standard InChI is InChI=1S/C28H30N2O5/c1-17(27(32)33)30(20-13-14-20)26(31)18-7-6-8-19(15-18)29-28(34)35-16-25-23-11-4-2-9-21(23)22-10-3-5-12-24(22)25/h2-6,8-12,17-20,25H,7,13-16H2,1H3,(H,29,34)(H,32,33). The molecule has 0 spiro atoms. The number of nitrogens with one attached hydrogen (secondary N) is 1. The van der Waals surface area contributed by atoms with Gasteiger partial charge in [-0.2, -0.15) is 0 Å². The molecule has 35 heavy (non-hydrogen) atoms. The van der Waals surface area contributed by atoms with Gasteiger partial charge < -0.3 is 20.1 Å². The highest BCUT2D eigenvalue weighted by atomic mass is 16.5. The first-order chi connectivity index (χ1) is 16.9. The van der Waals surface area contributed by atoms with Crippen LogP contribution in [-0.4, -0.2) is 52.7 Å². The van der Waals surface area contributed by atoms with E-state index in [0.29, 0.717) is 12.8 Å². The third-order valence-corrected chi connectivity index (χ3v) is 7.29. The van der Waals surface area contributed by atoms with Crippen molar-refractivity contribution in [3.63, 3.8) is 0 Å². The van der Waals surface area contributed by atoms with E-state index in [9.17, 15) is 19.5 Å². The van der Waals surface area contributed by atoms with Crippen LogP contribution in [-0.2, 0) is 14.3 Å². The zero-order valence-corrected chi connectivity index (χ0v) is 19.7. The summed E-state index contributed by atoms with van der Waals surface area (Å²) in [4.78, 5) is 38.9. The predicted octanol–water partition coefficient (Wildman–Crippen LogP) is 4.32. The maximum atomic E-state index is 13.2. The van der Waals surface area contributed by atoms with Crippen LogP contribution >= 0.6 is 0 Å². The second kappa shape index (κ2) is 9.56.